The maximum absolute atomic E-state index is 11.6. The smallest absolute Gasteiger partial charge is 0.334 e. The highest BCUT2D eigenvalue weighted by molar-refractivity contribution is 5.93. The second-order valence-electron chi connectivity index (χ2n) is 3.56. The summed E-state index contributed by atoms with van der Waals surface area (Å²) in [6.45, 7) is 1.58. The fraction of sp³-hybridized carbons (Fsp3) is 0.500. The lowest BCUT2D eigenvalue weighted by Gasteiger charge is -2.07. The number of aromatic nitrogens is 2. The Hall–Kier alpha value is -1.89. The fourth-order valence-electron chi connectivity index (χ4n) is 1.28. The summed E-state index contributed by atoms with van der Waals surface area (Å²) in [5.41, 5.74) is 1.11. The van der Waals surface area contributed by atoms with E-state index in [1.807, 2.05) is 6.92 Å². The molecule has 0 spiro atoms. The molecule has 1 amide bonds. The molecule has 0 bridgehead atoms. The topological polar surface area (TPSA) is 104 Å². The molecule has 0 aliphatic rings. The van der Waals surface area contributed by atoms with Gasteiger partial charge in [0.25, 0.3) is 5.91 Å². The molecule has 0 aliphatic carbocycles. The number of rotatable bonds is 5. The lowest BCUT2D eigenvalue weighted by atomic mass is 10.3. The van der Waals surface area contributed by atoms with Crippen molar-refractivity contribution < 1.29 is 19.8 Å². The zero-order valence-corrected chi connectivity index (χ0v) is 9.67. The maximum Gasteiger partial charge on any atom is 0.334 e. The summed E-state index contributed by atoms with van der Waals surface area (Å²) >= 11 is 0. The number of aliphatic hydroxyl groups is 1. The molecule has 17 heavy (non-hydrogen) atoms. The molecule has 1 atom stereocenters. The number of carbonyl (C=O) groups excluding carboxylic acids is 1. The van der Waals surface area contributed by atoms with Crippen molar-refractivity contribution in [1.82, 2.24) is 15.1 Å². The third kappa shape index (κ3) is 3.28. The Kier molecular flexibility index (Phi) is 4.22. The lowest BCUT2D eigenvalue weighted by molar-refractivity contribution is -0.146. The average Bonchev–Trinajstić information content (AvgIpc) is 2.66. The molecule has 0 aromatic carbocycles. The molecule has 7 heteroatoms. The molecular formula is C10H15N3O4. The van der Waals surface area contributed by atoms with Gasteiger partial charge in [-0.1, -0.05) is 6.92 Å². The largest absolute Gasteiger partial charge is 0.479 e. The van der Waals surface area contributed by atoms with E-state index in [-0.39, 0.29) is 6.54 Å². The Bertz CT molecular complexity index is 427. The Labute approximate surface area is 98.1 Å². The van der Waals surface area contributed by atoms with Crippen LogP contribution in [0.25, 0.3) is 0 Å². The molecule has 1 aromatic rings. The van der Waals surface area contributed by atoms with Crippen LogP contribution in [-0.4, -0.2) is 44.5 Å². The highest BCUT2D eigenvalue weighted by atomic mass is 16.4. The van der Waals surface area contributed by atoms with Gasteiger partial charge in [0.15, 0.2) is 6.10 Å². The van der Waals surface area contributed by atoms with Gasteiger partial charge in [-0.3, -0.25) is 9.48 Å². The van der Waals surface area contributed by atoms with Crippen LogP contribution in [0.15, 0.2) is 6.07 Å². The number of aryl methyl sites for hydroxylation is 2. The van der Waals surface area contributed by atoms with Crippen LogP contribution in [0.5, 0.6) is 0 Å². The number of nitrogens with zero attached hydrogens (tertiary/aromatic N) is 2. The molecule has 1 rings (SSSR count). The van der Waals surface area contributed by atoms with Gasteiger partial charge >= 0.3 is 5.97 Å². The molecule has 0 saturated carbocycles. The van der Waals surface area contributed by atoms with E-state index in [4.69, 9.17) is 10.2 Å². The predicted octanol–water partition coefficient (Wildman–Crippen LogP) is -0.842. The van der Waals surface area contributed by atoms with E-state index in [1.54, 1.807) is 13.1 Å². The van der Waals surface area contributed by atoms with Gasteiger partial charge in [-0.05, 0) is 12.5 Å². The first-order chi connectivity index (χ1) is 7.95. The highest BCUT2D eigenvalue weighted by Crippen LogP contribution is 2.03. The predicted molar refractivity (Wildman–Crippen MR) is 58.6 cm³/mol. The SMILES string of the molecule is CCc1cc(C(=O)NCC(O)C(=O)O)n(C)n1. The van der Waals surface area contributed by atoms with Crippen LogP contribution >= 0.6 is 0 Å². The molecule has 1 heterocycles. The number of carboxylic acids is 1. The molecule has 0 saturated heterocycles. The van der Waals surface area contributed by atoms with Crippen LogP contribution < -0.4 is 5.32 Å². The summed E-state index contributed by atoms with van der Waals surface area (Å²) in [5.74, 6) is -1.83. The minimum absolute atomic E-state index is 0.333. The summed E-state index contributed by atoms with van der Waals surface area (Å²) < 4.78 is 1.42. The van der Waals surface area contributed by atoms with Crippen molar-refractivity contribution in [3.63, 3.8) is 0 Å². The molecule has 0 aliphatic heterocycles. The second kappa shape index (κ2) is 5.44. The van der Waals surface area contributed by atoms with Gasteiger partial charge in [-0.15, -0.1) is 0 Å². The fourth-order valence-corrected chi connectivity index (χ4v) is 1.28. The van der Waals surface area contributed by atoms with Crippen molar-refractivity contribution in [2.75, 3.05) is 6.54 Å². The molecular weight excluding hydrogens is 226 g/mol. The first-order valence-electron chi connectivity index (χ1n) is 5.17. The molecule has 1 aromatic heterocycles. The zero-order valence-electron chi connectivity index (χ0n) is 9.67. The molecule has 94 valence electrons. The van der Waals surface area contributed by atoms with Gasteiger partial charge in [0.1, 0.15) is 5.69 Å². The third-order valence-electron chi connectivity index (χ3n) is 2.27. The normalized spacial score (nSPS) is 12.2. The van der Waals surface area contributed by atoms with Crippen LogP contribution in [0.1, 0.15) is 23.1 Å². The third-order valence-corrected chi connectivity index (χ3v) is 2.27. The molecule has 0 radical (unpaired) electrons. The van der Waals surface area contributed by atoms with Crippen LogP contribution in [0, 0.1) is 0 Å². The lowest BCUT2D eigenvalue weighted by Crippen LogP contribution is -2.37. The molecule has 1 unspecified atom stereocenters. The molecule has 3 N–H and O–H groups in total. The van der Waals surface area contributed by atoms with E-state index >= 15 is 0 Å². The number of hydrogen-bond donors (Lipinski definition) is 3. The molecule has 7 nitrogen and oxygen atoms in total. The van der Waals surface area contributed by atoms with Gasteiger partial charge in [-0.2, -0.15) is 5.10 Å². The zero-order chi connectivity index (χ0) is 13.0. The van der Waals surface area contributed by atoms with Crippen LogP contribution in [-0.2, 0) is 18.3 Å². The Morgan fingerprint density at radius 3 is 2.71 bits per heavy atom. The molecule has 0 fully saturated rings. The van der Waals surface area contributed by atoms with Crippen molar-refractivity contribution in [1.29, 1.82) is 0 Å². The standard InChI is InChI=1S/C10H15N3O4/c1-3-6-4-7(13(2)12-6)9(15)11-5-8(14)10(16)17/h4,8,14H,3,5H2,1-2H3,(H,11,15)(H,16,17). The van der Waals surface area contributed by atoms with E-state index in [9.17, 15) is 9.59 Å². The summed E-state index contributed by atoms with van der Waals surface area (Å²) in [4.78, 5) is 22.0. The first kappa shape index (κ1) is 13.2. The first-order valence-corrected chi connectivity index (χ1v) is 5.17. The Balaban J connectivity index is 2.63. The number of amides is 1. The monoisotopic (exact) mass is 241 g/mol. The number of hydrogen-bond acceptors (Lipinski definition) is 4. The van der Waals surface area contributed by atoms with Crippen LogP contribution in [0.2, 0.25) is 0 Å². The number of nitrogens with one attached hydrogen (secondary N) is 1. The van der Waals surface area contributed by atoms with E-state index in [0.29, 0.717) is 12.1 Å². The summed E-state index contributed by atoms with van der Waals surface area (Å²) in [7, 11) is 1.63. The minimum atomic E-state index is -1.60. The van der Waals surface area contributed by atoms with Crippen molar-refractivity contribution >= 4 is 11.9 Å². The number of aliphatic hydroxyl groups excluding tert-OH is 1. The van der Waals surface area contributed by atoms with E-state index in [1.165, 1.54) is 4.68 Å². The van der Waals surface area contributed by atoms with Crippen LogP contribution in [0.3, 0.4) is 0 Å². The number of carbonyl (C=O) groups is 2. The van der Waals surface area contributed by atoms with Gasteiger partial charge in [0.05, 0.1) is 12.2 Å². The van der Waals surface area contributed by atoms with Crippen LogP contribution in [0.4, 0.5) is 0 Å². The second-order valence-corrected chi connectivity index (χ2v) is 3.56. The number of aliphatic carboxylic acids is 1. The summed E-state index contributed by atoms with van der Waals surface area (Å²) in [6, 6.07) is 1.63. The van der Waals surface area contributed by atoms with Gasteiger partial charge in [0.2, 0.25) is 0 Å². The van der Waals surface area contributed by atoms with Gasteiger partial charge < -0.3 is 15.5 Å². The minimum Gasteiger partial charge on any atom is -0.479 e. The van der Waals surface area contributed by atoms with E-state index < -0.39 is 18.0 Å². The van der Waals surface area contributed by atoms with E-state index in [0.717, 1.165) is 5.69 Å². The average molecular weight is 241 g/mol. The number of carboxylic acid groups (broad SMARTS) is 1. The Morgan fingerprint density at radius 1 is 1.59 bits per heavy atom. The summed E-state index contributed by atoms with van der Waals surface area (Å²) in [6.07, 6.45) is -0.892. The highest BCUT2D eigenvalue weighted by Gasteiger charge is 2.17. The van der Waals surface area contributed by atoms with E-state index in [2.05, 4.69) is 10.4 Å². The summed E-state index contributed by atoms with van der Waals surface area (Å²) in [5, 5.41) is 23.9. The van der Waals surface area contributed by atoms with Gasteiger partial charge in [0, 0.05) is 7.05 Å². The maximum atomic E-state index is 11.6. The van der Waals surface area contributed by atoms with Gasteiger partial charge in [-0.25, -0.2) is 4.79 Å². The Morgan fingerprint density at radius 2 is 2.24 bits per heavy atom. The quantitative estimate of drug-likeness (QED) is 0.623. The van der Waals surface area contributed by atoms with Crippen molar-refractivity contribution in [3.05, 3.63) is 17.5 Å². The van der Waals surface area contributed by atoms with Crippen molar-refractivity contribution in [2.24, 2.45) is 7.05 Å². The van der Waals surface area contributed by atoms with Crippen molar-refractivity contribution in [2.45, 2.75) is 19.4 Å². The van der Waals surface area contributed by atoms with Crippen molar-refractivity contribution in [3.8, 4) is 0 Å².